The molecule has 0 aliphatic carbocycles. The van der Waals surface area contributed by atoms with Crippen LogP contribution in [-0.2, 0) is 11.3 Å². The van der Waals surface area contributed by atoms with Crippen molar-refractivity contribution in [1.29, 1.82) is 0 Å². The monoisotopic (exact) mass is 237 g/mol. The average Bonchev–Trinajstić information content (AvgIpc) is 2.39. The Morgan fingerprint density at radius 2 is 2.41 bits per heavy atom. The van der Waals surface area contributed by atoms with Gasteiger partial charge in [0.25, 0.3) is 0 Å². The van der Waals surface area contributed by atoms with Crippen molar-refractivity contribution in [2.45, 2.75) is 25.6 Å². The maximum Gasteiger partial charge on any atom is 0.0981 e. The molecule has 2 unspecified atom stereocenters. The number of ether oxygens (including phenoxy) is 1. The number of nitrogens with zero attached hydrogens (tertiary/aromatic N) is 2. The SMILES string of the molecule is CC1COC(CO)CN1c1ccc(CN)nc1. The minimum Gasteiger partial charge on any atom is -0.394 e. The number of hydrogen-bond donors (Lipinski definition) is 2. The Morgan fingerprint density at radius 3 is 3.00 bits per heavy atom. The summed E-state index contributed by atoms with van der Waals surface area (Å²) < 4.78 is 5.50. The number of morpholine rings is 1. The molecular formula is C12H19N3O2. The molecular weight excluding hydrogens is 218 g/mol. The van der Waals surface area contributed by atoms with Gasteiger partial charge in [0.2, 0.25) is 0 Å². The molecule has 2 atom stereocenters. The summed E-state index contributed by atoms with van der Waals surface area (Å²) in [7, 11) is 0. The van der Waals surface area contributed by atoms with Crippen molar-refractivity contribution in [3.63, 3.8) is 0 Å². The second-order valence-corrected chi connectivity index (χ2v) is 4.35. The summed E-state index contributed by atoms with van der Waals surface area (Å²) in [6.07, 6.45) is 1.72. The molecule has 1 aromatic heterocycles. The standard InChI is InChI=1S/C12H19N3O2/c1-9-8-17-12(7-16)6-15(9)11-3-2-10(4-13)14-5-11/h2-3,5,9,12,16H,4,6-8,13H2,1H3. The van der Waals surface area contributed by atoms with Crippen LogP contribution in [0.5, 0.6) is 0 Å². The molecule has 94 valence electrons. The Bertz CT molecular complexity index is 355. The van der Waals surface area contributed by atoms with Gasteiger partial charge in [-0.05, 0) is 19.1 Å². The Labute approximate surface area is 101 Å². The number of aromatic nitrogens is 1. The van der Waals surface area contributed by atoms with Gasteiger partial charge in [0, 0.05) is 19.1 Å². The van der Waals surface area contributed by atoms with Crippen molar-refractivity contribution in [2.24, 2.45) is 5.73 Å². The molecule has 0 amide bonds. The first-order chi connectivity index (χ1) is 8.24. The second-order valence-electron chi connectivity index (χ2n) is 4.35. The predicted octanol–water partition coefficient (Wildman–Crippen LogP) is 0.126. The van der Waals surface area contributed by atoms with Crippen LogP contribution in [-0.4, -0.2) is 42.0 Å². The molecule has 3 N–H and O–H groups in total. The molecule has 0 aromatic carbocycles. The summed E-state index contributed by atoms with van der Waals surface area (Å²) in [6, 6.07) is 4.25. The Hall–Kier alpha value is -1.17. The molecule has 0 saturated carbocycles. The van der Waals surface area contributed by atoms with Gasteiger partial charge < -0.3 is 20.5 Å². The number of aliphatic hydroxyl groups is 1. The number of hydrogen-bond acceptors (Lipinski definition) is 5. The highest BCUT2D eigenvalue weighted by molar-refractivity contribution is 5.46. The number of anilines is 1. The van der Waals surface area contributed by atoms with Crippen molar-refractivity contribution in [3.8, 4) is 0 Å². The fourth-order valence-electron chi connectivity index (χ4n) is 2.00. The highest BCUT2D eigenvalue weighted by atomic mass is 16.5. The first kappa shape index (κ1) is 12.3. The van der Waals surface area contributed by atoms with Gasteiger partial charge >= 0.3 is 0 Å². The number of aliphatic hydroxyl groups excluding tert-OH is 1. The van der Waals surface area contributed by atoms with Crippen molar-refractivity contribution in [1.82, 2.24) is 4.98 Å². The lowest BCUT2D eigenvalue weighted by Crippen LogP contribution is -2.49. The van der Waals surface area contributed by atoms with Crippen LogP contribution in [0.25, 0.3) is 0 Å². The van der Waals surface area contributed by atoms with E-state index in [9.17, 15) is 0 Å². The van der Waals surface area contributed by atoms with Gasteiger partial charge in [-0.1, -0.05) is 0 Å². The van der Waals surface area contributed by atoms with Crippen LogP contribution >= 0.6 is 0 Å². The van der Waals surface area contributed by atoms with E-state index in [1.54, 1.807) is 0 Å². The zero-order valence-electron chi connectivity index (χ0n) is 10.0. The first-order valence-electron chi connectivity index (χ1n) is 5.88. The van der Waals surface area contributed by atoms with E-state index in [2.05, 4.69) is 16.8 Å². The summed E-state index contributed by atoms with van der Waals surface area (Å²) in [4.78, 5) is 6.49. The normalized spacial score (nSPS) is 25.0. The minimum atomic E-state index is -0.111. The maximum atomic E-state index is 9.14. The Kier molecular flexibility index (Phi) is 3.93. The van der Waals surface area contributed by atoms with Gasteiger partial charge in [-0.25, -0.2) is 0 Å². The van der Waals surface area contributed by atoms with Crippen LogP contribution in [0, 0.1) is 0 Å². The van der Waals surface area contributed by atoms with E-state index in [4.69, 9.17) is 15.6 Å². The van der Waals surface area contributed by atoms with Gasteiger partial charge in [0.1, 0.15) is 0 Å². The summed E-state index contributed by atoms with van der Waals surface area (Å²) in [5.74, 6) is 0. The first-order valence-corrected chi connectivity index (χ1v) is 5.88. The van der Waals surface area contributed by atoms with E-state index in [1.165, 1.54) is 0 Å². The Balaban J connectivity index is 2.12. The largest absolute Gasteiger partial charge is 0.394 e. The van der Waals surface area contributed by atoms with Gasteiger partial charge in [-0.3, -0.25) is 4.98 Å². The molecule has 0 radical (unpaired) electrons. The van der Waals surface area contributed by atoms with Gasteiger partial charge in [0.15, 0.2) is 0 Å². The van der Waals surface area contributed by atoms with Crippen LogP contribution in [0.1, 0.15) is 12.6 Å². The van der Waals surface area contributed by atoms with Gasteiger partial charge in [0.05, 0.1) is 36.9 Å². The van der Waals surface area contributed by atoms with Gasteiger partial charge in [-0.2, -0.15) is 0 Å². The third-order valence-electron chi connectivity index (χ3n) is 3.06. The van der Waals surface area contributed by atoms with Crippen LogP contribution in [0.2, 0.25) is 0 Å². The molecule has 1 aliphatic heterocycles. The van der Waals surface area contributed by atoms with Crippen molar-refractivity contribution < 1.29 is 9.84 Å². The van der Waals surface area contributed by atoms with E-state index < -0.39 is 0 Å². The lowest BCUT2D eigenvalue weighted by atomic mass is 10.1. The topological polar surface area (TPSA) is 71.6 Å². The highest BCUT2D eigenvalue weighted by Crippen LogP contribution is 2.20. The van der Waals surface area contributed by atoms with Crippen LogP contribution in [0.4, 0.5) is 5.69 Å². The predicted molar refractivity (Wildman–Crippen MR) is 65.8 cm³/mol. The van der Waals surface area contributed by atoms with E-state index in [-0.39, 0.29) is 12.7 Å². The third-order valence-corrected chi connectivity index (χ3v) is 3.06. The molecule has 2 rings (SSSR count). The van der Waals surface area contributed by atoms with Crippen molar-refractivity contribution in [2.75, 3.05) is 24.7 Å². The average molecular weight is 237 g/mol. The zero-order valence-corrected chi connectivity index (χ0v) is 10.0. The maximum absolute atomic E-state index is 9.14. The summed E-state index contributed by atoms with van der Waals surface area (Å²) in [5.41, 5.74) is 7.46. The molecule has 1 fully saturated rings. The van der Waals surface area contributed by atoms with Crippen molar-refractivity contribution >= 4 is 5.69 Å². The second kappa shape index (κ2) is 5.44. The Morgan fingerprint density at radius 1 is 1.59 bits per heavy atom. The van der Waals surface area contributed by atoms with Crippen LogP contribution in [0.15, 0.2) is 18.3 Å². The number of nitrogens with two attached hydrogens (primary N) is 1. The smallest absolute Gasteiger partial charge is 0.0981 e. The molecule has 0 spiro atoms. The fourth-order valence-corrected chi connectivity index (χ4v) is 2.00. The molecule has 1 aromatic rings. The summed E-state index contributed by atoms with van der Waals surface area (Å²) in [5, 5.41) is 9.14. The van der Waals surface area contributed by atoms with Crippen molar-refractivity contribution in [3.05, 3.63) is 24.0 Å². The van der Waals surface area contributed by atoms with E-state index in [0.717, 1.165) is 11.4 Å². The lowest BCUT2D eigenvalue weighted by molar-refractivity contribution is -0.0103. The number of pyridine rings is 1. The molecule has 2 heterocycles. The zero-order chi connectivity index (χ0) is 12.3. The molecule has 0 bridgehead atoms. The number of rotatable bonds is 3. The van der Waals surface area contributed by atoms with E-state index in [1.807, 2.05) is 18.3 Å². The molecule has 1 saturated heterocycles. The summed E-state index contributed by atoms with van der Waals surface area (Å²) in [6.45, 7) is 3.94. The minimum absolute atomic E-state index is 0.0531. The quantitative estimate of drug-likeness (QED) is 0.781. The summed E-state index contributed by atoms with van der Waals surface area (Å²) >= 11 is 0. The molecule has 17 heavy (non-hydrogen) atoms. The van der Waals surface area contributed by atoms with Gasteiger partial charge in [-0.15, -0.1) is 0 Å². The fraction of sp³-hybridized carbons (Fsp3) is 0.583. The van der Waals surface area contributed by atoms with E-state index >= 15 is 0 Å². The lowest BCUT2D eigenvalue weighted by Gasteiger charge is -2.38. The molecule has 5 heteroatoms. The molecule has 5 nitrogen and oxygen atoms in total. The van der Waals surface area contributed by atoms with Crippen LogP contribution < -0.4 is 10.6 Å². The highest BCUT2D eigenvalue weighted by Gasteiger charge is 2.25. The third kappa shape index (κ3) is 2.74. The molecule has 1 aliphatic rings. The van der Waals surface area contributed by atoms with Crippen LogP contribution in [0.3, 0.4) is 0 Å². The van der Waals surface area contributed by atoms with E-state index in [0.29, 0.717) is 25.7 Å².